The zero-order chi connectivity index (χ0) is 18.1. The Labute approximate surface area is 147 Å². The summed E-state index contributed by atoms with van der Waals surface area (Å²) in [6.45, 7) is 2.35. The zero-order valence-corrected chi connectivity index (χ0v) is 14.6. The van der Waals surface area contributed by atoms with Gasteiger partial charge >= 0.3 is 0 Å². The Bertz CT molecular complexity index is 704. The van der Waals surface area contributed by atoms with E-state index in [2.05, 4.69) is 10.3 Å². The van der Waals surface area contributed by atoms with Crippen LogP contribution in [-0.4, -0.2) is 41.9 Å². The number of rotatable bonds is 8. The third-order valence-corrected chi connectivity index (χ3v) is 3.84. The zero-order valence-electron chi connectivity index (χ0n) is 14.6. The van der Waals surface area contributed by atoms with Gasteiger partial charge < -0.3 is 15.0 Å². The van der Waals surface area contributed by atoms with Gasteiger partial charge in [-0.3, -0.25) is 14.6 Å². The molecule has 2 amide bonds. The summed E-state index contributed by atoms with van der Waals surface area (Å²) in [7, 11) is 1.62. The number of para-hydroxylation sites is 1. The van der Waals surface area contributed by atoms with E-state index in [4.69, 9.17) is 4.74 Å². The summed E-state index contributed by atoms with van der Waals surface area (Å²) in [4.78, 5) is 29.5. The fraction of sp³-hybridized carbons (Fsp3) is 0.316. The van der Waals surface area contributed by atoms with Gasteiger partial charge in [0.25, 0.3) is 0 Å². The van der Waals surface area contributed by atoms with Crippen molar-refractivity contribution in [3.63, 3.8) is 0 Å². The summed E-state index contributed by atoms with van der Waals surface area (Å²) >= 11 is 0. The lowest BCUT2D eigenvalue weighted by molar-refractivity contribution is -0.134. The van der Waals surface area contributed by atoms with Gasteiger partial charge in [-0.25, -0.2) is 0 Å². The highest BCUT2D eigenvalue weighted by atomic mass is 16.5. The molecule has 25 heavy (non-hydrogen) atoms. The summed E-state index contributed by atoms with van der Waals surface area (Å²) in [5.41, 5.74) is 1.92. The van der Waals surface area contributed by atoms with Crippen molar-refractivity contribution < 1.29 is 14.3 Å². The molecule has 0 aliphatic rings. The number of pyridine rings is 1. The number of aromatic nitrogens is 1. The Morgan fingerprint density at radius 2 is 2.00 bits per heavy atom. The molecule has 0 saturated heterocycles. The van der Waals surface area contributed by atoms with E-state index < -0.39 is 0 Å². The van der Waals surface area contributed by atoms with Gasteiger partial charge in [0.1, 0.15) is 5.75 Å². The predicted molar refractivity (Wildman–Crippen MR) is 95.0 cm³/mol. The summed E-state index contributed by atoms with van der Waals surface area (Å²) in [5, 5.41) is 2.81. The first-order chi connectivity index (χ1) is 12.1. The Balaban J connectivity index is 1.87. The number of amides is 2. The minimum absolute atomic E-state index is 0.0325. The monoisotopic (exact) mass is 341 g/mol. The van der Waals surface area contributed by atoms with Crippen LogP contribution in [0.1, 0.15) is 18.1 Å². The van der Waals surface area contributed by atoms with Crippen LogP contribution in [0.15, 0.2) is 48.8 Å². The van der Waals surface area contributed by atoms with Crippen LogP contribution in [0, 0.1) is 0 Å². The molecule has 2 rings (SSSR count). The molecular formula is C19H23N3O3. The molecule has 1 aromatic carbocycles. The third kappa shape index (κ3) is 5.91. The molecule has 0 spiro atoms. The van der Waals surface area contributed by atoms with Crippen LogP contribution >= 0.6 is 0 Å². The predicted octanol–water partition coefficient (Wildman–Crippen LogP) is 1.80. The van der Waals surface area contributed by atoms with Gasteiger partial charge in [-0.05, 0) is 29.7 Å². The maximum absolute atomic E-state index is 12.1. The van der Waals surface area contributed by atoms with E-state index in [1.165, 1.54) is 11.8 Å². The average Bonchev–Trinajstić information content (AvgIpc) is 2.64. The number of hydrogen-bond acceptors (Lipinski definition) is 4. The lowest BCUT2D eigenvalue weighted by atomic mass is 10.1. The minimum Gasteiger partial charge on any atom is -0.496 e. The van der Waals surface area contributed by atoms with Gasteiger partial charge in [-0.1, -0.05) is 24.3 Å². The number of benzene rings is 1. The molecule has 0 atom stereocenters. The largest absolute Gasteiger partial charge is 0.496 e. The second-order valence-corrected chi connectivity index (χ2v) is 5.64. The molecule has 132 valence electrons. The molecule has 1 heterocycles. The number of hydrogen-bond donors (Lipinski definition) is 1. The SMILES string of the molecule is COc1ccccc1CCN(CC(=O)NCc1cccnc1)C(C)=O. The van der Waals surface area contributed by atoms with E-state index in [0.717, 1.165) is 16.9 Å². The molecular weight excluding hydrogens is 318 g/mol. The molecule has 0 saturated carbocycles. The minimum atomic E-state index is -0.195. The van der Waals surface area contributed by atoms with E-state index in [1.807, 2.05) is 36.4 Å². The standard InChI is InChI=1S/C19H23N3O3/c1-15(23)22(11-9-17-7-3-4-8-18(17)25-2)14-19(24)21-13-16-6-5-10-20-12-16/h3-8,10,12H,9,11,13-14H2,1-2H3,(H,21,24). The number of carbonyl (C=O) groups excluding carboxylic acids is 2. The fourth-order valence-corrected chi connectivity index (χ4v) is 2.45. The summed E-state index contributed by atoms with van der Waals surface area (Å²) in [6, 6.07) is 11.4. The molecule has 1 aromatic heterocycles. The van der Waals surface area contributed by atoms with Crippen molar-refractivity contribution in [3.8, 4) is 5.75 Å². The molecule has 6 heteroatoms. The number of nitrogens with one attached hydrogen (secondary N) is 1. The molecule has 0 aliphatic carbocycles. The quantitative estimate of drug-likeness (QED) is 0.795. The van der Waals surface area contributed by atoms with Gasteiger partial charge in [-0.15, -0.1) is 0 Å². The maximum Gasteiger partial charge on any atom is 0.239 e. The molecule has 1 N–H and O–H groups in total. The van der Waals surface area contributed by atoms with Crippen molar-refractivity contribution in [2.45, 2.75) is 19.9 Å². The first-order valence-electron chi connectivity index (χ1n) is 8.13. The highest BCUT2D eigenvalue weighted by Gasteiger charge is 2.14. The van der Waals surface area contributed by atoms with E-state index in [0.29, 0.717) is 19.5 Å². The highest BCUT2D eigenvalue weighted by molar-refractivity contribution is 5.83. The van der Waals surface area contributed by atoms with Crippen LogP contribution in [0.25, 0.3) is 0 Å². The van der Waals surface area contributed by atoms with E-state index >= 15 is 0 Å². The van der Waals surface area contributed by atoms with Crippen LogP contribution in [-0.2, 0) is 22.6 Å². The van der Waals surface area contributed by atoms with E-state index in [9.17, 15) is 9.59 Å². The molecule has 2 aromatic rings. The average molecular weight is 341 g/mol. The highest BCUT2D eigenvalue weighted by Crippen LogP contribution is 2.18. The first kappa shape index (κ1) is 18.4. The van der Waals surface area contributed by atoms with Gasteiger partial charge in [0.2, 0.25) is 11.8 Å². The van der Waals surface area contributed by atoms with Crippen molar-refractivity contribution in [2.75, 3.05) is 20.2 Å². The van der Waals surface area contributed by atoms with Gasteiger partial charge in [0.05, 0.1) is 13.7 Å². The summed E-state index contributed by atoms with van der Waals surface area (Å²) in [6.07, 6.45) is 4.00. The lowest BCUT2D eigenvalue weighted by Gasteiger charge is -2.21. The van der Waals surface area contributed by atoms with Crippen LogP contribution in [0.3, 0.4) is 0 Å². The van der Waals surface area contributed by atoms with Gasteiger partial charge in [-0.2, -0.15) is 0 Å². The van der Waals surface area contributed by atoms with Crippen LogP contribution in [0.5, 0.6) is 5.75 Å². The third-order valence-electron chi connectivity index (χ3n) is 3.84. The normalized spacial score (nSPS) is 10.2. The fourth-order valence-electron chi connectivity index (χ4n) is 2.45. The summed E-state index contributed by atoms with van der Waals surface area (Å²) < 4.78 is 5.32. The number of methoxy groups -OCH3 is 1. The van der Waals surface area contributed by atoms with Crippen molar-refractivity contribution in [3.05, 3.63) is 59.9 Å². The molecule has 0 aliphatic heterocycles. The van der Waals surface area contributed by atoms with Crippen LogP contribution in [0.2, 0.25) is 0 Å². The van der Waals surface area contributed by atoms with Crippen LogP contribution in [0.4, 0.5) is 0 Å². The number of nitrogens with zero attached hydrogens (tertiary/aromatic N) is 2. The molecule has 0 fully saturated rings. The maximum atomic E-state index is 12.1. The number of ether oxygens (including phenoxy) is 1. The molecule has 0 radical (unpaired) electrons. The van der Waals surface area contributed by atoms with Crippen molar-refractivity contribution in [1.29, 1.82) is 0 Å². The molecule has 0 unspecified atom stereocenters. The second-order valence-electron chi connectivity index (χ2n) is 5.64. The number of carbonyl (C=O) groups is 2. The Morgan fingerprint density at radius 1 is 1.20 bits per heavy atom. The Kier molecular flexibility index (Phi) is 6.95. The van der Waals surface area contributed by atoms with Crippen molar-refractivity contribution in [1.82, 2.24) is 15.2 Å². The Morgan fingerprint density at radius 3 is 2.68 bits per heavy atom. The van der Waals surface area contributed by atoms with Gasteiger partial charge in [0.15, 0.2) is 0 Å². The molecule has 0 bridgehead atoms. The molecule has 6 nitrogen and oxygen atoms in total. The van der Waals surface area contributed by atoms with Gasteiger partial charge in [0, 0.05) is 32.4 Å². The smallest absolute Gasteiger partial charge is 0.239 e. The van der Waals surface area contributed by atoms with E-state index in [1.54, 1.807) is 19.5 Å². The van der Waals surface area contributed by atoms with Crippen molar-refractivity contribution in [2.24, 2.45) is 0 Å². The van der Waals surface area contributed by atoms with E-state index in [-0.39, 0.29) is 18.4 Å². The lowest BCUT2D eigenvalue weighted by Crippen LogP contribution is -2.40. The van der Waals surface area contributed by atoms with Crippen LogP contribution < -0.4 is 10.1 Å². The topological polar surface area (TPSA) is 71.5 Å². The second kappa shape index (κ2) is 9.42. The first-order valence-corrected chi connectivity index (χ1v) is 8.13. The van der Waals surface area contributed by atoms with Crippen molar-refractivity contribution >= 4 is 11.8 Å². The Hall–Kier alpha value is -2.89. The summed E-state index contributed by atoms with van der Waals surface area (Å²) in [5.74, 6) is 0.456.